The minimum Gasteiger partial charge on any atom is -0.477 e. The van der Waals surface area contributed by atoms with Crippen LogP contribution in [0.3, 0.4) is 0 Å². The van der Waals surface area contributed by atoms with E-state index >= 15 is 0 Å². The molecule has 5 N–H and O–H groups in total. The van der Waals surface area contributed by atoms with Crippen LogP contribution in [0.25, 0.3) is 81.7 Å². The second-order valence-corrected chi connectivity index (χ2v) is 35.5. The molecule has 10 heterocycles. The topological polar surface area (TPSA) is 383 Å². The number of aryl methyl sites for hydroxylation is 2. The van der Waals surface area contributed by atoms with Gasteiger partial charge in [-0.05, 0) is 161 Å². The van der Waals surface area contributed by atoms with Gasteiger partial charge >= 0.3 is 29.8 Å². The molecule has 0 radical (unpaired) electrons. The number of fused-ring (bicyclic) bond motifs is 5. The Labute approximate surface area is 710 Å². The second kappa shape index (κ2) is 36.1. The number of carboxylic acid groups (broad SMARTS) is 5. The Hall–Kier alpha value is -15.1. The van der Waals surface area contributed by atoms with Gasteiger partial charge in [0.15, 0.2) is 5.13 Å². The van der Waals surface area contributed by atoms with Crippen molar-refractivity contribution in [3.8, 4) is 28.4 Å². The molecule has 0 atom stereocenters. The third-order valence-corrected chi connectivity index (χ3v) is 27.4. The first-order chi connectivity index (χ1) is 59.2. The van der Waals surface area contributed by atoms with E-state index in [-0.39, 0.29) is 32.9 Å². The van der Waals surface area contributed by atoms with Crippen molar-refractivity contribution in [2.45, 2.75) is 32.2 Å². The van der Waals surface area contributed by atoms with Gasteiger partial charge in [0.1, 0.15) is 87.9 Å². The molecule has 17 rings (SSSR count). The Kier molecular flexibility index (Phi) is 25.3. The molecule has 7 aromatic carbocycles. The molecular formula is C87H69F4N13O16S3Si. The SMILES string of the molecule is CC(C)(C)[Si](OCCc1ccccc1-n1c(=O)c(C(=O)O)cc2ncsc21)(c1ccccc1)c1ccccc1.CN(C)c1nc2cc(C(=O)O)c(=O)n(-c3ccc(F)cc3)c2s1.Cn1cnc2cc(C(=O)O)c(=O)n(-c3ccc(F)cc3)c21.Cn1ncc2cc(C(=O)O)c(=O)n(-c3ccc(F)cc3)c21.O=C(O)c1cc2ncsc2n(-c2ccc(F)cc2)c1=O. The van der Waals surface area contributed by atoms with Gasteiger partial charge in [-0.1, -0.05) is 111 Å². The summed E-state index contributed by atoms with van der Waals surface area (Å²) in [5, 5.41) is 53.7. The monoisotopic (exact) mass is 1750 g/mol. The zero-order valence-corrected chi connectivity index (χ0v) is 69.7. The highest BCUT2D eigenvalue weighted by Gasteiger charge is 2.50. The van der Waals surface area contributed by atoms with Gasteiger partial charge in [-0.2, -0.15) is 5.10 Å². The molecule has 628 valence electrons. The smallest absolute Gasteiger partial charge is 0.341 e. The number of pyridine rings is 5. The molecule has 0 spiro atoms. The summed E-state index contributed by atoms with van der Waals surface area (Å²) in [5.41, 5.74) is 3.70. The molecule has 0 fully saturated rings. The van der Waals surface area contributed by atoms with Crippen LogP contribution in [-0.2, 0) is 24.9 Å². The molecule has 0 aliphatic rings. The van der Waals surface area contributed by atoms with Crippen molar-refractivity contribution in [1.29, 1.82) is 0 Å². The highest BCUT2D eigenvalue weighted by Crippen LogP contribution is 2.38. The summed E-state index contributed by atoms with van der Waals surface area (Å²) in [6.07, 6.45) is 3.50. The average molecular weight is 1750 g/mol. The number of hydrogen-bond acceptors (Lipinski definition) is 20. The fourth-order valence-corrected chi connectivity index (χ4v) is 20.9. The summed E-state index contributed by atoms with van der Waals surface area (Å²) < 4.78 is 68.7. The highest BCUT2D eigenvalue weighted by molar-refractivity contribution is 7.22. The van der Waals surface area contributed by atoms with E-state index in [4.69, 9.17) is 19.7 Å². The molecule has 0 bridgehead atoms. The Bertz CT molecular complexity index is 7120. The van der Waals surface area contributed by atoms with Crippen molar-refractivity contribution < 1.29 is 71.5 Å². The molecule has 29 nitrogen and oxygen atoms in total. The van der Waals surface area contributed by atoms with Gasteiger partial charge in [0.05, 0.1) is 63.0 Å². The second-order valence-electron chi connectivity index (χ2n) is 28.6. The third kappa shape index (κ3) is 17.5. The molecule has 0 saturated heterocycles. The van der Waals surface area contributed by atoms with Gasteiger partial charge in [-0.3, -0.25) is 51.5 Å². The predicted molar refractivity (Wildman–Crippen MR) is 465 cm³/mol. The molecule has 0 unspecified atom stereocenters. The number of benzene rings is 7. The number of rotatable bonds is 17. The minimum absolute atomic E-state index is 0.156. The number of nitrogens with zero attached hydrogens (tertiary/aromatic N) is 13. The van der Waals surface area contributed by atoms with Gasteiger partial charge < -0.3 is 39.4 Å². The van der Waals surface area contributed by atoms with Crippen LogP contribution >= 0.6 is 34.0 Å². The Morgan fingerprint density at radius 3 is 1.25 bits per heavy atom. The predicted octanol–water partition coefficient (Wildman–Crippen LogP) is 13.0. The van der Waals surface area contributed by atoms with E-state index in [1.165, 1.54) is 217 Å². The molecule has 124 heavy (non-hydrogen) atoms. The minimum atomic E-state index is -2.72. The van der Waals surface area contributed by atoms with E-state index < -0.39 is 89.2 Å². The lowest BCUT2D eigenvalue weighted by Gasteiger charge is -2.43. The molecule has 0 aliphatic heterocycles. The van der Waals surface area contributed by atoms with E-state index in [0.717, 1.165) is 5.56 Å². The van der Waals surface area contributed by atoms with Crippen LogP contribution in [0, 0.1) is 23.3 Å². The number of para-hydroxylation sites is 1. The van der Waals surface area contributed by atoms with E-state index in [2.05, 4.69) is 94.3 Å². The molecule has 37 heteroatoms. The van der Waals surface area contributed by atoms with Crippen LogP contribution in [0.5, 0.6) is 0 Å². The standard InChI is InChI=1S/C31H30N2O4SSi.C15H12FN3O3S.2C14H10FN3O3.C13H7FN2O3S/c1-31(2,3)39(23-13-6-4-7-14-23,24-15-8-5-9-16-24)37-19-18-22-12-10-11-17-27(22)33-28(34)25(30(35)36)20-26-29(33)38-21-32-26;1-18(2)15-17-11-7-10(14(21)22)12(20)19(13(11)23-15)9-5-3-8(16)4-6-9;1-17-12-8(7-16-17)6-11(14(20)21)13(19)18(12)10-4-2-9(15)3-5-10;1-17-7-16-11-6-10(14(20)21)13(19)18(12(11)17)9-4-2-8(15)3-5-9;14-7-1-3-8(4-2-7)16-11(17)9(13(18)19)5-10-12(16)20-6-15-10/h4-17,20-21H,18-19H2,1-3H3,(H,35,36);3-7H,1-2H3,(H,21,22);2*2-7H,1H3,(H,20,21);1-6H,(H,18,19). The van der Waals surface area contributed by atoms with E-state index in [1.54, 1.807) is 43.2 Å². The lowest BCUT2D eigenvalue weighted by atomic mass is 10.1. The maximum atomic E-state index is 13.3. The molecular weight excluding hydrogens is 1680 g/mol. The maximum Gasteiger partial charge on any atom is 0.341 e. The Morgan fingerprint density at radius 2 is 0.815 bits per heavy atom. The summed E-state index contributed by atoms with van der Waals surface area (Å²) in [5.74, 6) is -8.32. The summed E-state index contributed by atoms with van der Waals surface area (Å²) in [6, 6.07) is 55.9. The van der Waals surface area contributed by atoms with Crippen LogP contribution < -0.4 is 43.1 Å². The van der Waals surface area contributed by atoms with Crippen LogP contribution in [0.2, 0.25) is 5.04 Å². The van der Waals surface area contributed by atoms with Gasteiger partial charge in [0, 0.05) is 40.2 Å². The number of hydrogen-bond donors (Lipinski definition) is 5. The van der Waals surface area contributed by atoms with Crippen molar-refractivity contribution in [2.24, 2.45) is 14.1 Å². The quantitative estimate of drug-likeness (QED) is 0.0417. The van der Waals surface area contributed by atoms with E-state index in [1.807, 2.05) is 36.4 Å². The number of carbonyl (C=O) groups is 5. The largest absolute Gasteiger partial charge is 0.477 e. The number of aromatic carboxylic acids is 5. The van der Waals surface area contributed by atoms with Crippen molar-refractivity contribution in [2.75, 3.05) is 25.6 Å². The van der Waals surface area contributed by atoms with Gasteiger partial charge in [-0.25, -0.2) is 61.5 Å². The fraction of sp³-hybridized carbons (Fsp3) is 0.115. The lowest BCUT2D eigenvalue weighted by molar-refractivity contribution is 0.0684. The van der Waals surface area contributed by atoms with Crippen molar-refractivity contribution in [3.63, 3.8) is 0 Å². The number of aromatic nitrogens is 12. The molecule has 0 aliphatic carbocycles. The van der Waals surface area contributed by atoms with Gasteiger partial charge in [0.2, 0.25) is 0 Å². The number of anilines is 1. The normalized spacial score (nSPS) is 11.3. The zero-order chi connectivity index (χ0) is 88.9. The van der Waals surface area contributed by atoms with Crippen molar-refractivity contribution >= 4 is 141 Å². The van der Waals surface area contributed by atoms with Crippen LogP contribution in [0.4, 0.5) is 22.7 Å². The van der Waals surface area contributed by atoms with Gasteiger partial charge in [-0.15, -0.1) is 22.7 Å². The molecule has 17 aromatic rings. The first kappa shape index (κ1) is 86.8. The van der Waals surface area contributed by atoms with Crippen LogP contribution in [0.15, 0.2) is 260 Å². The number of carboxylic acids is 5. The van der Waals surface area contributed by atoms with Crippen molar-refractivity contribution in [3.05, 3.63) is 344 Å². The average Bonchev–Trinajstić information content (AvgIpc) is 1.15. The molecule has 0 saturated carbocycles. The zero-order valence-electron chi connectivity index (χ0n) is 66.2. The van der Waals surface area contributed by atoms with Crippen LogP contribution in [0.1, 0.15) is 78.1 Å². The molecule has 0 amide bonds. The molecule has 10 aromatic heterocycles. The summed E-state index contributed by atoms with van der Waals surface area (Å²) in [4.78, 5) is 140. The summed E-state index contributed by atoms with van der Waals surface area (Å²) >= 11 is 3.78. The Balaban J connectivity index is 0.000000137. The first-order valence-electron chi connectivity index (χ1n) is 37.1. The maximum absolute atomic E-state index is 13.3. The highest BCUT2D eigenvalue weighted by atomic mass is 32.1. The third-order valence-electron chi connectivity index (χ3n) is 19.5. The number of halogens is 4. The lowest BCUT2D eigenvalue weighted by Crippen LogP contribution is -2.66. The first-order valence-corrected chi connectivity index (χ1v) is 41.6. The van der Waals surface area contributed by atoms with Crippen LogP contribution in [-0.4, -0.2) is 142 Å². The summed E-state index contributed by atoms with van der Waals surface area (Å²) in [7, 11) is 4.21. The fourth-order valence-electron chi connectivity index (χ4n) is 13.8. The van der Waals surface area contributed by atoms with E-state index in [0.29, 0.717) is 99.8 Å². The number of thiazole rings is 3. The van der Waals surface area contributed by atoms with E-state index in [9.17, 15) is 75.7 Å². The summed E-state index contributed by atoms with van der Waals surface area (Å²) in [6.45, 7) is 7.16. The van der Waals surface area contributed by atoms with Gasteiger partial charge in [0.25, 0.3) is 36.1 Å². The Morgan fingerprint density at radius 1 is 0.444 bits per heavy atom. The number of imidazole rings is 1. The van der Waals surface area contributed by atoms with Crippen molar-refractivity contribution in [1.82, 2.24) is 57.1 Å².